The second-order valence-electron chi connectivity index (χ2n) is 4.49. The van der Waals surface area contributed by atoms with Gasteiger partial charge in [-0.15, -0.1) is 0 Å². The second-order valence-corrected chi connectivity index (χ2v) is 6.15. The zero-order chi connectivity index (χ0) is 12.2. The first-order chi connectivity index (χ1) is 7.47. The summed E-state index contributed by atoms with van der Waals surface area (Å²) in [6.45, 7) is 4.30. The van der Waals surface area contributed by atoms with Gasteiger partial charge in [0.05, 0.1) is 0 Å². The van der Waals surface area contributed by atoms with E-state index in [9.17, 15) is 8.42 Å². The lowest BCUT2D eigenvalue weighted by Gasteiger charge is -2.33. The molecule has 2 N–H and O–H groups in total. The molecule has 0 aromatic carbocycles. The van der Waals surface area contributed by atoms with Gasteiger partial charge in [-0.3, -0.25) is 0 Å². The molecule has 2 atom stereocenters. The number of nitrogens with one attached hydrogen (secondary N) is 1. The number of aliphatic hydroxyl groups is 1. The summed E-state index contributed by atoms with van der Waals surface area (Å²) in [6.07, 6.45) is 3.40. The Bertz CT molecular complexity index is 305. The molecule has 1 aliphatic heterocycles. The smallest absolute Gasteiger partial charge is 0.279 e. The summed E-state index contributed by atoms with van der Waals surface area (Å²) in [4.78, 5) is 0. The van der Waals surface area contributed by atoms with E-state index in [2.05, 4.69) is 4.72 Å². The van der Waals surface area contributed by atoms with Gasteiger partial charge in [-0.1, -0.05) is 6.42 Å². The minimum absolute atomic E-state index is 0.000754. The van der Waals surface area contributed by atoms with E-state index in [1.807, 2.05) is 6.92 Å². The summed E-state index contributed by atoms with van der Waals surface area (Å²) >= 11 is 0. The van der Waals surface area contributed by atoms with Crippen molar-refractivity contribution in [2.45, 2.75) is 51.6 Å². The zero-order valence-electron chi connectivity index (χ0n) is 10.0. The molecule has 0 aliphatic carbocycles. The Morgan fingerprint density at radius 3 is 2.75 bits per heavy atom. The molecule has 0 saturated carbocycles. The van der Waals surface area contributed by atoms with Gasteiger partial charge >= 0.3 is 0 Å². The Labute approximate surface area is 98.0 Å². The summed E-state index contributed by atoms with van der Waals surface area (Å²) in [5.41, 5.74) is 0. The van der Waals surface area contributed by atoms with Crippen LogP contribution in [0.15, 0.2) is 0 Å². The van der Waals surface area contributed by atoms with Crippen LogP contribution in [0.25, 0.3) is 0 Å². The monoisotopic (exact) mass is 250 g/mol. The van der Waals surface area contributed by atoms with E-state index in [4.69, 9.17) is 5.11 Å². The fourth-order valence-electron chi connectivity index (χ4n) is 2.00. The van der Waals surface area contributed by atoms with Crippen molar-refractivity contribution < 1.29 is 13.5 Å². The van der Waals surface area contributed by atoms with Crippen molar-refractivity contribution in [2.24, 2.45) is 0 Å². The third kappa shape index (κ3) is 3.69. The Hall–Kier alpha value is -0.170. The summed E-state index contributed by atoms with van der Waals surface area (Å²) < 4.78 is 28.2. The van der Waals surface area contributed by atoms with Crippen LogP contribution >= 0.6 is 0 Å². The molecule has 1 heterocycles. The number of nitrogens with zero attached hydrogens (tertiary/aromatic N) is 1. The molecule has 0 bridgehead atoms. The molecule has 1 fully saturated rings. The van der Waals surface area contributed by atoms with E-state index in [0.717, 1.165) is 19.3 Å². The maximum Gasteiger partial charge on any atom is 0.279 e. The number of aliphatic hydroxyl groups excluding tert-OH is 1. The van der Waals surface area contributed by atoms with Crippen LogP contribution in [0.4, 0.5) is 0 Å². The van der Waals surface area contributed by atoms with E-state index < -0.39 is 10.2 Å². The molecule has 1 saturated heterocycles. The largest absolute Gasteiger partial charge is 0.396 e. The average Bonchev–Trinajstić information content (AvgIpc) is 2.17. The fraction of sp³-hybridized carbons (Fsp3) is 1.00. The van der Waals surface area contributed by atoms with Gasteiger partial charge in [-0.05, 0) is 33.1 Å². The Morgan fingerprint density at radius 2 is 2.19 bits per heavy atom. The normalized spacial score (nSPS) is 25.6. The highest BCUT2D eigenvalue weighted by atomic mass is 32.2. The van der Waals surface area contributed by atoms with Gasteiger partial charge in [0.15, 0.2) is 0 Å². The van der Waals surface area contributed by atoms with Gasteiger partial charge in [0, 0.05) is 25.2 Å². The van der Waals surface area contributed by atoms with E-state index in [1.54, 1.807) is 6.92 Å². The molecule has 2 unspecified atom stereocenters. The van der Waals surface area contributed by atoms with Crippen LogP contribution in [-0.2, 0) is 10.2 Å². The minimum atomic E-state index is -3.38. The van der Waals surface area contributed by atoms with Gasteiger partial charge in [0.1, 0.15) is 0 Å². The fourth-order valence-corrected chi connectivity index (χ4v) is 3.71. The van der Waals surface area contributed by atoms with Crippen LogP contribution in [0.1, 0.15) is 39.5 Å². The van der Waals surface area contributed by atoms with Gasteiger partial charge < -0.3 is 5.11 Å². The molecule has 0 aromatic rings. The lowest BCUT2D eigenvalue weighted by molar-refractivity contribution is 0.256. The van der Waals surface area contributed by atoms with Gasteiger partial charge in [0.25, 0.3) is 10.2 Å². The molecule has 5 nitrogen and oxygen atoms in total. The Kier molecular flexibility index (Phi) is 5.17. The summed E-state index contributed by atoms with van der Waals surface area (Å²) in [5, 5.41) is 8.75. The number of rotatable bonds is 5. The van der Waals surface area contributed by atoms with Crippen molar-refractivity contribution in [2.75, 3.05) is 13.2 Å². The topological polar surface area (TPSA) is 69.6 Å². The second kappa shape index (κ2) is 5.95. The van der Waals surface area contributed by atoms with Crippen LogP contribution in [-0.4, -0.2) is 43.1 Å². The van der Waals surface area contributed by atoms with Gasteiger partial charge in [-0.25, -0.2) is 0 Å². The molecular formula is C10H22N2O3S. The first kappa shape index (κ1) is 13.9. The highest BCUT2D eigenvalue weighted by molar-refractivity contribution is 7.87. The molecule has 0 aromatic heterocycles. The molecule has 1 aliphatic rings. The average molecular weight is 250 g/mol. The molecule has 96 valence electrons. The SMILES string of the molecule is CC(CCO)NS(=O)(=O)N1CCCCC1C. The van der Waals surface area contributed by atoms with Crippen molar-refractivity contribution in [3.05, 3.63) is 0 Å². The van der Waals surface area contributed by atoms with Crippen molar-refractivity contribution in [1.29, 1.82) is 0 Å². The van der Waals surface area contributed by atoms with Gasteiger partial charge in [-0.2, -0.15) is 17.4 Å². The lowest BCUT2D eigenvalue weighted by atomic mass is 10.1. The highest BCUT2D eigenvalue weighted by Gasteiger charge is 2.30. The third-order valence-corrected chi connectivity index (χ3v) is 4.82. The summed E-state index contributed by atoms with van der Waals surface area (Å²) in [7, 11) is -3.38. The van der Waals surface area contributed by atoms with Crippen molar-refractivity contribution in [1.82, 2.24) is 9.03 Å². The van der Waals surface area contributed by atoms with Crippen LogP contribution < -0.4 is 4.72 Å². The molecule has 1 rings (SSSR count). The number of piperidine rings is 1. The first-order valence-corrected chi connectivity index (χ1v) is 7.31. The molecule has 6 heteroatoms. The van der Waals surface area contributed by atoms with Gasteiger partial charge in [0.2, 0.25) is 0 Å². The Morgan fingerprint density at radius 1 is 1.50 bits per heavy atom. The standard InChI is InChI=1S/C10H22N2O3S/c1-9(6-8-13)11-16(14,15)12-7-4-3-5-10(12)2/h9-11,13H,3-8H2,1-2H3. The van der Waals surface area contributed by atoms with E-state index in [1.165, 1.54) is 4.31 Å². The number of hydrogen-bond donors (Lipinski definition) is 2. The predicted molar refractivity (Wildman–Crippen MR) is 63.2 cm³/mol. The van der Waals surface area contributed by atoms with Crippen LogP contribution in [0.5, 0.6) is 0 Å². The van der Waals surface area contributed by atoms with Crippen molar-refractivity contribution in [3.63, 3.8) is 0 Å². The molecule has 0 radical (unpaired) electrons. The van der Waals surface area contributed by atoms with Crippen molar-refractivity contribution >= 4 is 10.2 Å². The van der Waals surface area contributed by atoms with Crippen LogP contribution in [0.2, 0.25) is 0 Å². The predicted octanol–water partition coefficient (Wildman–Crippen LogP) is 0.466. The summed E-state index contributed by atoms with van der Waals surface area (Å²) in [5.74, 6) is 0. The van der Waals surface area contributed by atoms with E-state index in [0.29, 0.717) is 13.0 Å². The highest BCUT2D eigenvalue weighted by Crippen LogP contribution is 2.19. The molecule has 16 heavy (non-hydrogen) atoms. The maximum atomic E-state index is 12.0. The summed E-state index contributed by atoms with van der Waals surface area (Å²) in [6, 6.07) is -0.142. The molecule has 0 amide bonds. The molecule has 0 spiro atoms. The first-order valence-electron chi connectivity index (χ1n) is 5.87. The van der Waals surface area contributed by atoms with E-state index in [-0.39, 0.29) is 18.7 Å². The molecular weight excluding hydrogens is 228 g/mol. The third-order valence-electron chi connectivity index (χ3n) is 2.96. The van der Waals surface area contributed by atoms with E-state index >= 15 is 0 Å². The minimum Gasteiger partial charge on any atom is -0.396 e. The maximum absolute atomic E-state index is 12.0. The Balaban J connectivity index is 2.61. The zero-order valence-corrected chi connectivity index (χ0v) is 10.8. The lowest BCUT2D eigenvalue weighted by Crippen LogP contribution is -2.50. The number of hydrogen-bond acceptors (Lipinski definition) is 3. The van der Waals surface area contributed by atoms with Crippen molar-refractivity contribution in [3.8, 4) is 0 Å². The quantitative estimate of drug-likeness (QED) is 0.745. The van der Waals surface area contributed by atoms with Crippen LogP contribution in [0, 0.1) is 0 Å². The van der Waals surface area contributed by atoms with Crippen LogP contribution in [0.3, 0.4) is 0 Å².